The molecule has 1 fully saturated rings. The standard InChI is InChI=1S/C7H10O6S/c8-6(9)5(7(10)11)4-1-2-14(12,13)3-4/h4-5H,1-3H2,(H,8,9)(H,10,11). The third kappa shape index (κ3) is 2.22. The van der Waals surface area contributed by atoms with E-state index in [0.29, 0.717) is 0 Å². The van der Waals surface area contributed by atoms with Gasteiger partial charge in [0.15, 0.2) is 15.8 Å². The van der Waals surface area contributed by atoms with E-state index < -0.39 is 33.6 Å². The van der Waals surface area contributed by atoms with E-state index in [9.17, 15) is 18.0 Å². The van der Waals surface area contributed by atoms with E-state index >= 15 is 0 Å². The molecule has 2 N–H and O–H groups in total. The normalized spacial score (nSPS) is 25.1. The molecule has 1 aliphatic heterocycles. The molecule has 1 heterocycles. The summed E-state index contributed by atoms with van der Waals surface area (Å²) < 4.78 is 22.0. The topological polar surface area (TPSA) is 109 Å². The van der Waals surface area contributed by atoms with Gasteiger partial charge in [-0.15, -0.1) is 0 Å². The van der Waals surface area contributed by atoms with Crippen LogP contribution >= 0.6 is 0 Å². The van der Waals surface area contributed by atoms with Gasteiger partial charge in [0.2, 0.25) is 0 Å². The van der Waals surface area contributed by atoms with E-state index in [1.165, 1.54) is 0 Å². The lowest BCUT2D eigenvalue weighted by Gasteiger charge is -2.12. The van der Waals surface area contributed by atoms with Crippen LogP contribution in [0.4, 0.5) is 0 Å². The Morgan fingerprint density at radius 2 is 1.71 bits per heavy atom. The Hall–Kier alpha value is -1.11. The van der Waals surface area contributed by atoms with Crippen molar-refractivity contribution in [1.82, 2.24) is 0 Å². The monoisotopic (exact) mass is 222 g/mol. The van der Waals surface area contributed by atoms with Crippen molar-refractivity contribution >= 4 is 21.8 Å². The summed E-state index contributed by atoms with van der Waals surface area (Å²) in [4.78, 5) is 21.1. The molecule has 0 bridgehead atoms. The fraction of sp³-hybridized carbons (Fsp3) is 0.714. The zero-order valence-corrected chi connectivity index (χ0v) is 8.03. The molecule has 0 saturated carbocycles. The van der Waals surface area contributed by atoms with Crippen molar-refractivity contribution in [1.29, 1.82) is 0 Å². The van der Waals surface area contributed by atoms with Crippen molar-refractivity contribution in [3.05, 3.63) is 0 Å². The molecular weight excluding hydrogens is 212 g/mol. The Labute approximate surface area is 80.5 Å². The predicted octanol–water partition coefficient (Wildman–Crippen LogP) is -0.793. The first-order chi connectivity index (χ1) is 6.33. The van der Waals surface area contributed by atoms with Gasteiger partial charge in [-0.05, 0) is 12.3 Å². The highest BCUT2D eigenvalue weighted by Gasteiger charge is 2.41. The van der Waals surface area contributed by atoms with Crippen LogP contribution in [0.1, 0.15) is 6.42 Å². The quantitative estimate of drug-likeness (QED) is 0.605. The largest absolute Gasteiger partial charge is 0.481 e. The van der Waals surface area contributed by atoms with Crippen LogP contribution in [0.2, 0.25) is 0 Å². The average molecular weight is 222 g/mol. The minimum absolute atomic E-state index is 0.116. The molecule has 0 spiro atoms. The van der Waals surface area contributed by atoms with Crippen LogP contribution in [0, 0.1) is 11.8 Å². The summed E-state index contributed by atoms with van der Waals surface area (Å²) in [6.45, 7) is 0. The van der Waals surface area contributed by atoms with Crippen molar-refractivity contribution in [3.8, 4) is 0 Å². The molecule has 14 heavy (non-hydrogen) atoms. The Kier molecular flexibility index (Phi) is 2.79. The summed E-state index contributed by atoms with van der Waals surface area (Å²) in [5.41, 5.74) is 0. The Balaban J connectivity index is 2.83. The molecule has 0 radical (unpaired) electrons. The van der Waals surface area contributed by atoms with Gasteiger partial charge in [-0.1, -0.05) is 0 Å². The van der Waals surface area contributed by atoms with Gasteiger partial charge in [0.1, 0.15) is 0 Å². The van der Waals surface area contributed by atoms with E-state index in [0.717, 1.165) is 0 Å². The highest BCUT2D eigenvalue weighted by Crippen LogP contribution is 2.26. The molecule has 6 nitrogen and oxygen atoms in total. The molecule has 1 rings (SSSR count). The predicted molar refractivity (Wildman–Crippen MR) is 45.5 cm³/mol. The number of aliphatic carboxylic acids is 2. The number of hydrogen-bond acceptors (Lipinski definition) is 4. The van der Waals surface area contributed by atoms with Crippen molar-refractivity contribution in [2.45, 2.75) is 6.42 Å². The Morgan fingerprint density at radius 1 is 1.21 bits per heavy atom. The van der Waals surface area contributed by atoms with Crippen molar-refractivity contribution in [2.24, 2.45) is 11.8 Å². The minimum Gasteiger partial charge on any atom is -0.481 e. The highest BCUT2D eigenvalue weighted by molar-refractivity contribution is 7.91. The lowest BCUT2D eigenvalue weighted by molar-refractivity contribution is -0.156. The molecule has 7 heteroatoms. The summed E-state index contributed by atoms with van der Waals surface area (Å²) in [6.07, 6.45) is 0.117. The highest BCUT2D eigenvalue weighted by atomic mass is 32.2. The molecule has 1 unspecified atom stereocenters. The van der Waals surface area contributed by atoms with Gasteiger partial charge in [-0.2, -0.15) is 0 Å². The summed E-state index contributed by atoms with van der Waals surface area (Å²) in [7, 11) is -3.23. The number of carbonyl (C=O) groups is 2. The first-order valence-electron chi connectivity index (χ1n) is 3.99. The molecule has 0 aliphatic carbocycles. The van der Waals surface area contributed by atoms with Crippen LogP contribution in [0.25, 0.3) is 0 Å². The van der Waals surface area contributed by atoms with E-state index in [4.69, 9.17) is 10.2 Å². The second-order valence-corrected chi connectivity index (χ2v) is 5.55. The SMILES string of the molecule is O=C(O)C(C(=O)O)C1CCS(=O)(=O)C1. The molecule has 0 aromatic carbocycles. The van der Waals surface area contributed by atoms with Crippen LogP contribution in [0.3, 0.4) is 0 Å². The van der Waals surface area contributed by atoms with Crippen LogP contribution in [0.5, 0.6) is 0 Å². The zero-order chi connectivity index (χ0) is 10.9. The Morgan fingerprint density at radius 3 is 2.00 bits per heavy atom. The summed E-state index contributed by atoms with van der Waals surface area (Å²) in [6, 6.07) is 0. The van der Waals surface area contributed by atoms with Gasteiger partial charge in [0.25, 0.3) is 0 Å². The second kappa shape index (κ2) is 3.56. The maximum Gasteiger partial charge on any atom is 0.318 e. The van der Waals surface area contributed by atoms with Crippen LogP contribution in [0.15, 0.2) is 0 Å². The molecule has 0 amide bonds. The number of hydrogen-bond donors (Lipinski definition) is 2. The van der Waals surface area contributed by atoms with Gasteiger partial charge in [0.05, 0.1) is 11.5 Å². The van der Waals surface area contributed by atoms with E-state index in [2.05, 4.69) is 0 Å². The van der Waals surface area contributed by atoms with E-state index in [-0.39, 0.29) is 17.9 Å². The second-order valence-electron chi connectivity index (χ2n) is 3.32. The maximum atomic E-state index is 11.0. The molecular formula is C7H10O6S. The van der Waals surface area contributed by atoms with Gasteiger partial charge < -0.3 is 10.2 Å². The number of rotatable bonds is 3. The molecule has 1 atom stereocenters. The summed E-state index contributed by atoms with van der Waals surface area (Å²) in [5.74, 6) is -5.80. The fourth-order valence-electron chi connectivity index (χ4n) is 1.60. The molecule has 0 aromatic heterocycles. The summed E-state index contributed by atoms with van der Waals surface area (Å²) in [5, 5.41) is 17.2. The molecule has 80 valence electrons. The van der Waals surface area contributed by atoms with Crippen molar-refractivity contribution in [2.75, 3.05) is 11.5 Å². The van der Waals surface area contributed by atoms with Gasteiger partial charge in [0, 0.05) is 0 Å². The fourth-order valence-corrected chi connectivity index (χ4v) is 3.44. The zero-order valence-electron chi connectivity index (χ0n) is 7.21. The third-order valence-corrected chi connectivity index (χ3v) is 4.06. The molecule has 1 saturated heterocycles. The van der Waals surface area contributed by atoms with E-state index in [1.54, 1.807) is 0 Å². The van der Waals surface area contributed by atoms with Crippen LogP contribution in [-0.2, 0) is 19.4 Å². The lowest BCUT2D eigenvalue weighted by atomic mass is 9.92. The average Bonchev–Trinajstić information content (AvgIpc) is 2.28. The lowest BCUT2D eigenvalue weighted by Crippen LogP contribution is -2.31. The number of sulfone groups is 1. The van der Waals surface area contributed by atoms with Crippen LogP contribution < -0.4 is 0 Å². The van der Waals surface area contributed by atoms with Gasteiger partial charge in [-0.25, -0.2) is 8.42 Å². The van der Waals surface area contributed by atoms with Crippen LogP contribution in [-0.4, -0.2) is 42.1 Å². The van der Waals surface area contributed by atoms with Crippen molar-refractivity contribution < 1.29 is 28.2 Å². The smallest absolute Gasteiger partial charge is 0.318 e. The first kappa shape index (κ1) is 11.0. The summed E-state index contributed by atoms with van der Waals surface area (Å²) >= 11 is 0. The molecule has 0 aromatic rings. The number of carboxylic acids is 2. The maximum absolute atomic E-state index is 11.0. The third-order valence-electron chi connectivity index (χ3n) is 2.27. The minimum atomic E-state index is -3.23. The molecule has 1 aliphatic rings. The van der Waals surface area contributed by atoms with Gasteiger partial charge >= 0.3 is 11.9 Å². The number of carboxylic acid groups (broad SMARTS) is 2. The van der Waals surface area contributed by atoms with Crippen molar-refractivity contribution in [3.63, 3.8) is 0 Å². The van der Waals surface area contributed by atoms with E-state index in [1.807, 2.05) is 0 Å². The first-order valence-corrected chi connectivity index (χ1v) is 5.81. The van der Waals surface area contributed by atoms with Gasteiger partial charge in [-0.3, -0.25) is 9.59 Å². The Bertz CT molecular complexity index is 342.